The normalized spacial score (nSPS) is 16.6. The van der Waals surface area contributed by atoms with Crippen molar-refractivity contribution in [2.24, 2.45) is 9.98 Å². The highest BCUT2D eigenvalue weighted by molar-refractivity contribution is 8.03. The number of nitrogens with two attached hydrogens (primary N) is 1. The number of hydrogen-bond donors (Lipinski definition) is 1. The van der Waals surface area contributed by atoms with Crippen molar-refractivity contribution in [1.82, 2.24) is 0 Å². The van der Waals surface area contributed by atoms with Crippen LogP contribution in [0.15, 0.2) is 73.4 Å². The van der Waals surface area contributed by atoms with Crippen molar-refractivity contribution < 1.29 is 9.47 Å². The maximum atomic E-state index is 5.84. The lowest BCUT2D eigenvalue weighted by atomic mass is 10.1. The maximum Gasteiger partial charge on any atom is 0.160 e. The summed E-state index contributed by atoms with van der Waals surface area (Å²) in [5.74, 6) is 1.39. The van der Waals surface area contributed by atoms with Crippen LogP contribution in [0.4, 0.5) is 5.69 Å². The number of methoxy groups -OCH3 is 2. The number of aliphatic imine (C=N–C) groups is 2. The van der Waals surface area contributed by atoms with E-state index in [1.807, 2.05) is 36.4 Å². The minimum Gasteiger partial charge on any atom is -0.493 e. The Bertz CT molecular complexity index is 706. The third kappa shape index (κ3) is 4.50. The van der Waals surface area contributed by atoms with E-state index in [4.69, 9.17) is 15.2 Å². The molecule has 1 aliphatic rings. The molecule has 6 heteroatoms. The minimum absolute atomic E-state index is 0.668. The summed E-state index contributed by atoms with van der Waals surface area (Å²) < 4.78 is 10.7. The smallest absolute Gasteiger partial charge is 0.160 e. The largest absolute Gasteiger partial charge is 0.493 e. The van der Waals surface area contributed by atoms with Gasteiger partial charge in [-0.1, -0.05) is 17.8 Å². The fourth-order valence-electron chi connectivity index (χ4n) is 2.04. The summed E-state index contributed by atoms with van der Waals surface area (Å²) in [4.78, 5) is 9.08. The lowest BCUT2D eigenvalue weighted by Gasteiger charge is -2.16. The molecule has 23 heavy (non-hydrogen) atoms. The predicted molar refractivity (Wildman–Crippen MR) is 96.6 cm³/mol. The van der Waals surface area contributed by atoms with Crippen molar-refractivity contribution in [3.05, 3.63) is 58.5 Å². The van der Waals surface area contributed by atoms with Crippen molar-refractivity contribution in [3.63, 3.8) is 0 Å². The zero-order chi connectivity index (χ0) is 16.7. The fourth-order valence-corrected chi connectivity index (χ4v) is 2.98. The molecule has 0 radical (unpaired) electrons. The van der Waals surface area contributed by atoms with E-state index >= 15 is 0 Å². The van der Waals surface area contributed by atoms with Gasteiger partial charge in [-0.25, -0.2) is 4.99 Å². The van der Waals surface area contributed by atoms with Gasteiger partial charge in [0.2, 0.25) is 0 Å². The van der Waals surface area contributed by atoms with Gasteiger partial charge in [-0.15, -0.1) is 0 Å². The Morgan fingerprint density at radius 1 is 1.30 bits per heavy atom. The molecule has 1 aliphatic carbocycles. The van der Waals surface area contributed by atoms with E-state index in [1.54, 1.807) is 14.2 Å². The molecule has 0 amide bonds. The lowest BCUT2D eigenvalue weighted by Crippen LogP contribution is -2.02. The van der Waals surface area contributed by atoms with E-state index in [0.29, 0.717) is 17.9 Å². The van der Waals surface area contributed by atoms with E-state index in [0.717, 1.165) is 21.3 Å². The molecular formula is C17H19N3O2S. The molecule has 0 fully saturated rings. The van der Waals surface area contributed by atoms with Gasteiger partial charge < -0.3 is 15.2 Å². The van der Waals surface area contributed by atoms with Crippen molar-refractivity contribution in [2.75, 3.05) is 20.0 Å². The van der Waals surface area contributed by atoms with E-state index in [2.05, 4.69) is 16.7 Å². The summed E-state index contributed by atoms with van der Waals surface area (Å²) in [6.07, 6.45) is 6.01. The van der Waals surface area contributed by atoms with Crippen LogP contribution in [0.2, 0.25) is 0 Å². The molecule has 0 bridgehead atoms. The molecule has 0 unspecified atom stereocenters. The Kier molecular flexibility index (Phi) is 6.05. The summed E-state index contributed by atoms with van der Waals surface area (Å²) in [6.45, 7) is 3.43. The standard InChI is InChI=1S/C17H19N3O2S/c1-19-11-20-17(23-14-6-4-5-13(18)10-14)12-7-8-15(21-2)16(9-12)22-3/h4-6,8-11H,1,7,18H2,2-3H3/b17-12-,20-11-. The highest BCUT2D eigenvalue weighted by Crippen LogP contribution is 2.35. The van der Waals surface area contributed by atoms with E-state index in [9.17, 15) is 0 Å². The fraction of sp³-hybridized carbons (Fsp3) is 0.176. The first-order chi connectivity index (χ1) is 11.2. The average Bonchev–Trinajstić information content (AvgIpc) is 2.58. The molecule has 0 saturated carbocycles. The second-order valence-electron chi connectivity index (χ2n) is 4.62. The van der Waals surface area contributed by atoms with E-state index in [1.165, 1.54) is 18.1 Å². The SMILES string of the molecule is C=N/C=N\C(Sc1cccc(N)c1)=C1\C=C(OC)C(OC)=CC1. The number of nitrogens with zero attached hydrogens (tertiary/aromatic N) is 2. The molecule has 5 nitrogen and oxygen atoms in total. The first-order valence-corrected chi connectivity index (χ1v) is 7.74. The predicted octanol–water partition coefficient (Wildman–Crippen LogP) is 3.77. The third-order valence-electron chi connectivity index (χ3n) is 3.10. The number of rotatable bonds is 6. The molecule has 0 atom stereocenters. The number of ether oxygens (including phenoxy) is 2. The summed E-state index contributed by atoms with van der Waals surface area (Å²) in [7, 11) is 3.23. The summed E-state index contributed by atoms with van der Waals surface area (Å²) in [6, 6.07) is 7.65. The highest BCUT2D eigenvalue weighted by atomic mass is 32.2. The first kappa shape index (κ1) is 16.9. The average molecular weight is 329 g/mol. The highest BCUT2D eigenvalue weighted by Gasteiger charge is 2.16. The molecule has 2 rings (SSSR count). The van der Waals surface area contributed by atoms with Gasteiger partial charge in [-0.2, -0.15) is 0 Å². The Balaban J connectivity index is 2.38. The van der Waals surface area contributed by atoms with Crippen molar-refractivity contribution in [1.29, 1.82) is 0 Å². The number of anilines is 1. The molecule has 0 saturated heterocycles. The van der Waals surface area contributed by atoms with Crippen LogP contribution in [-0.2, 0) is 9.47 Å². The summed E-state index contributed by atoms with van der Waals surface area (Å²) in [5, 5.41) is 0.809. The molecule has 0 aromatic heterocycles. The molecule has 0 heterocycles. The monoisotopic (exact) mass is 329 g/mol. The minimum atomic E-state index is 0.668. The molecule has 2 N–H and O–H groups in total. The van der Waals surface area contributed by atoms with Crippen LogP contribution >= 0.6 is 11.8 Å². The van der Waals surface area contributed by atoms with Crippen molar-refractivity contribution in [2.45, 2.75) is 11.3 Å². The van der Waals surface area contributed by atoms with Gasteiger partial charge in [0.05, 0.1) is 14.2 Å². The van der Waals surface area contributed by atoms with Crippen molar-refractivity contribution >= 4 is 30.5 Å². The molecule has 1 aromatic rings. The van der Waals surface area contributed by atoms with Crippen LogP contribution in [0.25, 0.3) is 0 Å². The Morgan fingerprint density at radius 2 is 2.09 bits per heavy atom. The number of benzene rings is 1. The molecule has 0 aliphatic heterocycles. The van der Waals surface area contributed by atoms with E-state index < -0.39 is 0 Å². The van der Waals surface area contributed by atoms with Crippen LogP contribution < -0.4 is 5.73 Å². The van der Waals surface area contributed by atoms with Gasteiger partial charge in [0.1, 0.15) is 11.4 Å². The molecule has 0 spiro atoms. The lowest BCUT2D eigenvalue weighted by molar-refractivity contribution is 0.217. The summed E-state index contributed by atoms with van der Waals surface area (Å²) >= 11 is 1.51. The number of hydrogen-bond acceptors (Lipinski definition) is 5. The molecular weight excluding hydrogens is 310 g/mol. The van der Waals surface area contributed by atoms with Crippen LogP contribution in [0.3, 0.4) is 0 Å². The van der Waals surface area contributed by atoms with Gasteiger partial charge in [-0.05, 0) is 49.1 Å². The maximum absolute atomic E-state index is 5.84. The molecule has 120 valence electrons. The summed E-state index contributed by atoms with van der Waals surface area (Å²) in [5.41, 5.74) is 7.56. The Labute approximate surface area is 140 Å². The topological polar surface area (TPSA) is 69.2 Å². The third-order valence-corrected chi connectivity index (χ3v) is 4.15. The quantitative estimate of drug-likeness (QED) is 0.373. The van der Waals surface area contributed by atoms with Gasteiger partial charge in [-0.3, -0.25) is 4.99 Å². The van der Waals surface area contributed by atoms with Gasteiger partial charge in [0.25, 0.3) is 0 Å². The Hall–Kier alpha value is -2.47. The zero-order valence-corrected chi connectivity index (χ0v) is 14.0. The van der Waals surface area contributed by atoms with Crippen LogP contribution in [-0.4, -0.2) is 27.3 Å². The van der Waals surface area contributed by atoms with Gasteiger partial charge in [0, 0.05) is 10.6 Å². The van der Waals surface area contributed by atoms with Crippen molar-refractivity contribution in [3.8, 4) is 0 Å². The first-order valence-electron chi connectivity index (χ1n) is 6.93. The van der Waals surface area contributed by atoms with Gasteiger partial charge >= 0.3 is 0 Å². The van der Waals surface area contributed by atoms with Gasteiger partial charge in [0.15, 0.2) is 11.5 Å². The second-order valence-corrected chi connectivity index (χ2v) is 5.68. The van der Waals surface area contributed by atoms with Crippen LogP contribution in [0, 0.1) is 0 Å². The molecule has 1 aromatic carbocycles. The van der Waals surface area contributed by atoms with Crippen LogP contribution in [0.5, 0.6) is 0 Å². The zero-order valence-electron chi connectivity index (χ0n) is 13.2. The number of nitrogen functional groups attached to an aromatic ring is 1. The van der Waals surface area contributed by atoms with Crippen LogP contribution in [0.1, 0.15) is 6.42 Å². The second kappa shape index (κ2) is 8.24. The number of thioether (sulfide) groups is 1. The number of allylic oxidation sites excluding steroid dienone is 3. The Morgan fingerprint density at radius 3 is 2.74 bits per heavy atom. The van der Waals surface area contributed by atoms with E-state index in [-0.39, 0.29) is 0 Å².